The molecule has 0 bridgehead atoms. The molecule has 4 heteroatoms. The van der Waals surface area contributed by atoms with Gasteiger partial charge in [0, 0.05) is 19.3 Å². The quantitative estimate of drug-likeness (QED) is 0.439. The smallest absolute Gasteiger partial charge is 0.377 e. The topological polar surface area (TPSA) is 66.8 Å². The van der Waals surface area contributed by atoms with Crippen LogP contribution in [0.3, 0.4) is 0 Å². The van der Waals surface area contributed by atoms with Crippen molar-refractivity contribution in [1.82, 2.24) is 0 Å². The molecule has 17 heavy (non-hydrogen) atoms. The number of unbranched alkanes of at least 4 members (excludes halogenated alkanes) is 3. The summed E-state index contributed by atoms with van der Waals surface area (Å²) in [6.07, 6.45) is 4.58. The van der Waals surface area contributed by atoms with Crippen LogP contribution in [0, 0.1) is 11.8 Å². The molecule has 0 saturated carbocycles. The Hall–Kier alpha value is -1.63. The summed E-state index contributed by atoms with van der Waals surface area (Å²) < 4.78 is 4.75. The number of aliphatic hydroxyl groups is 2. The fourth-order valence-corrected chi connectivity index (χ4v) is 1.54. The van der Waals surface area contributed by atoms with Crippen molar-refractivity contribution in [2.24, 2.45) is 0 Å². The fourth-order valence-electron chi connectivity index (χ4n) is 1.54. The molecule has 1 aliphatic rings. The average molecular weight is 238 g/mol. The van der Waals surface area contributed by atoms with Crippen LogP contribution in [0.2, 0.25) is 0 Å². The second-order valence-corrected chi connectivity index (χ2v) is 3.98. The van der Waals surface area contributed by atoms with E-state index >= 15 is 0 Å². The minimum Gasteiger partial charge on any atom is -0.505 e. The first-order chi connectivity index (χ1) is 8.16. The van der Waals surface area contributed by atoms with Crippen molar-refractivity contribution in [3.05, 3.63) is 11.5 Å². The second kappa shape index (κ2) is 6.85. The van der Waals surface area contributed by atoms with Crippen molar-refractivity contribution in [2.75, 3.05) is 0 Å². The molecular weight excluding hydrogens is 220 g/mol. The van der Waals surface area contributed by atoms with Crippen LogP contribution in [-0.2, 0) is 9.53 Å². The van der Waals surface area contributed by atoms with Crippen molar-refractivity contribution in [2.45, 2.75) is 51.6 Å². The molecule has 1 rings (SSSR count). The minimum absolute atomic E-state index is 0.372. The molecule has 0 amide bonds. The predicted octanol–water partition coefficient (Wildman–Crippen LogP) is 2.60. The van der Waals surface area contributed by atoms with Gasteiger partial charge in [0.25, 0.3) is 0 Å². The number of esters is 1. The monoisotopic (exact) mass is 238 g/mol. The molecule has 2 N–H and O–H groups in total. The Labute approximate surface area is 101 Å². The molecule has 0 aromatic heterocycles. The van der Waals surface area contributed by atoms with Crippen LogP contribution in [0.4, 0.5) is 0 Å². The van der Waals surface area contributed by atoms with E-state index in [0.717, 1.165) is 12.8 Å². The van der Waals surface area contributed by atoms with Gasteiger partial charge in [-0.25, -0.2) is 4.79 Å². The van der Waals surface area contributed by atoms with E-state index in [-0.39, 0.29) is 5.76 Å². The Balaban J connectivity index is 2.22. The van der Waals surface area contributed by atoms with E-state index in [1.54, 1.807) is 0 Å². The zero-order valence-corrected chi connectivity index (χ0v) is 10.0. The summed E-state index contributed by atoms with van der Waals surface area (Å²) >= 11 is 0. The third-order valence-corrected chi connectivity index (χ3v) is 2.55. The number of carbonyl (C=O) groups excluding carboxylic acids is 1. The van der Waals surface area contributed by atoms with Crippen LogP contribution < -0.4 is 0 Å². The van der Waals surface area contributed by atoms with Crippen LogP contribution in [0.25, 0.3) is 0 Å². The van der Waals surface area contributed by atoms with Crippen molar-refractivity contribution >= 4 is 5.97 Å². The summed E-state index contributed by atoms with van der Waals surface area (Å²) in [5, 5.41) is 18.4. The number of aliphatic hydroxyl groups excluding tert-OH is 2. The van der Waals surface area contributed by atoms with Crippen molar-refractivity contribution in [3.8, 4) is 11.8 Å². The summed E-state index contributed by atoms with van der Waals surface area (Å²) in [7, 11) is 0. The van der Waals surface area contributed by atoms with Gasteiger partial charge in [-0.2, -0.15) is 0 Å². The maximum Gasteiger partial charge on any atom is 0.377 e. The highest BCUT2D eigenvalue weighted by atomic mass is 16.6. The lowest BCUT2D eigenvalue weighted by molar-refractivity contribution is -0.142. The number of cyclic esters (lactones) is 1. The average Bonchev–Trinajstić information content (AvgIpc) is 2.56. The van der Waals surface area contributed by atoms with Gasteiger partial charge in [-0.3, -0.25) is 0 Å². The summed E-state index contributed by atoms with van der Waals surface area (Å²) in [5.74, 6) is 4.09. The largest absolute Gasteiger partial charge is 0.505 e. The summed E-state index contributed by atoms with van der Waals surface area (Å²) in [4.78, 5) is 10.9. The Morgan fingerprint density at radius 3 is 2.53 bits per heavy atom. The maximum absolute atomic E-state index is 10.9. The molecule has 1 aliphatic heterocycles. The Morgan fingerprint density at radius 2 is 1.94 bits per heavy atom. The van der Waals surface area contributed by atoms with Gasteiger partial charge in [-0.05, 0) is 6.42 Å². The second-order valence-electron chi connectivity index (χ2n) is 3.98. The lowest BCUT2D eigenvalue weighted by atomic mass is 10.1. The van der Waals surface area contributed by atoms with E-state index in [4.69, 9.17) is 9.84 Å². The fraction of sp³-hybridized carbons (Fsp3) is 0.615. The van der Waals surface area contributed by atoms with Crippen LogP contribution in [0.5, 0.6) is 0 Å². The number of hydrogen-bond donors (Lipinski definition) is 2. The van der Waals surface area contributed by atoms with Gasteiger partial charge in [0.15, 0.2) is 11.9 Å². The van der Waals surface area contributed by atoms with Gasteiger partial charge in [0.1, 0.15) is 0 Å². The number of hydrogen-bond acceptors (Lipinski definition) is 4. The third-order valence-electron chi connectivity index (χ3n) is 2.55. The molecule has 0 aromatic rings. The van der Waals surface area contributed by atoms with Gasteiger partial charge in [-0.1, -0.05) is 19.8 Å². The Kier molecular flexibility index (Phi) is 5.41. The van der Waals surface area contributed by atoms with Crippen LogP contribution in [0.15, 0.2) is 11.5 Å². The lowest BCUT2D eigenvalue weighted by Gasteiger charge is -2.06. The van der Waals surface area contributed by atoms with Crippen molar-refractivity contribution in [3.63, 3.8) is 0 Å². The predicted molar refractivity (Wildman–Crippen MR) is 63.3 cm³/mol. The molecule has 0 aromatic carbocycles. The molecular formula is C13H18O4. The molecule has 0 saturated heterocycles. The molecule has 0 spiro atoms. The SMILES string of the molecule is CCCCCC#CCCC1OC(=O)C(O)=C1O. The highest BCUT2D eigenvalue weighted by Crippen LogP contribution is 2.21. The first-order valence-electron chi connectivity index (χ1n) is 5.95. The summed E-state index contributed by atoms with van der Waals surface area (Å²) in [6.45, 7) is 2.14. The van der Waals surface area contributed by atoms with Gasteiger partial charge >= 0.3 is 5.97 Å². The zero-order chi connectivity index (χ0) is 12.7. The molecule has 94 valence electrons. The molecule has 1 heterocycles. The normalized spacial score (nSPS) is 18.9. The summed E-state index contributed by atoms with van der Waals surface area (Å²) in [6, 6.07) is 0. The van der Waals surface area contributed by atoms with Crippen LogP contribution >= 0.6 is 0 Å². The maximum atomic E-state index is 10.9. The zero-order valence-electron chi connectivity index (χ0n) is 10.0. The minimum atomic E-state index is -0.858. The van der Waals surface area contributed by atoms with Crippen LogP contribution in [0.1, 0.15) is 45.4 Å². The third kappa shape index (κ3) is 4.03. The highest BCUT2D eigenvalue weighted by Gasteiger charge is 2.33. The van der Waals surface area contributed by atoms with Gasteiger partial charge in [0.2, 0.25) is 5.76 Å². The van der Waals surface area contributed by atoms with E-state index in [1.165, 1.54) is 12.8 Å². The van der Waals surface area contributed by atoms with Gasteiger partial charge < -0.3 is 14.9 Å². The first-order valence-corrected chi connectivity index (χ1v) is 5.95. The van der Waals surface area contributed by atoms with E-state index < -0.39 is 17.8 Å². The molecule has 4 nitrogen and oxygen atoms in total. The molecule has 0 radical (unpaired) electrons. The van der Waals surface area contributed by atoms with E-state index in [1.807, 2.05) is 0 Å². The number of rotatable bonds is 5. The van der Waals surface area contributed by atoms with Crippen molar-refractivity contribution in [1.29, 1.82) is 0 Å². The van der Waals surface area contributed by atoms with Crippen LogP contribution in [-0.4, -0.2) is 22.3 Å². The van der Waals surface area contributed by atoms with Crippen molar-refractivity contribution < 1.29 is 19.7 Å². The molecule has 1 atom stereocenters. The Morgan fingerprint density at radius 1 is 1.24 bits per heavy atom. The molecule has 0 fully saturated rings. The standard InChI is InChI=1S/C13H18O4/c1-2-3-4-5-6-7-8-9-10-11(14)12(15)13(16)17-10/h10,14-15H,2-5,8-9H2,1H3. The molecule has 1 unspecified atom stereocenters. The highest BCUT2D eigenvalue weighted by molar-refractivity contribution is 5.88. The number of ether oxygens (including phenoxy) is 1. The van der Waals surface area contributed by atoms with Gasteiger partial charge in [-0.15, -0.1) is 11.8 Å². The van der Waals surface area contributed by atoms with E-state index in [9.17, 15) is 9.90 Å². The first kappa shape index (κ1) is 13.4. The van der Waals surface area contributed by atoms with E-state index in [2.05, 4.69) is 18.8 Å². The molecule has 0 aliphatic carbocycles. The Bertz CT molecular complexity index is 359. The summed E-state index contributed by atoms with van der Waals surface area (Å²) in [5.41, 5.74) is 0. The van der Waals surface area contributed by atoms with E-state index in [0.29, 0.717) is 12.8 Å². The van der Waals surface area contributed by atoms with Gasteiger partial charge in [0.05, 0.1) is 0 Å². The lowest BCUT2D eigenvalue weighted by Crippen LogP contribution is -2.10. The number of carbonyl (C=O) groups is 1.